The summed E-state index contributed by atoms with van der Waals surface area (Å²) in [5.74, 6) is 0.832. The van der Waals surface area contributed by atoms with Crippen molar-refractivity contribution in [2.45, 2.75) is 50.6 Å². The van der Waals surface area contributed by atoms with Crippen molar-refractivity contribution in [3.05, 3.63) is 12.0 Å². The Bertz CT molecular complexity index is 639. The van der Waals surface area contributed by atoms with Gasteiger partial charge in [0.15, 0.2) is 5.03 Å². The zero-order valence-corrected chi connectivity index (χ0v) is 15.2. The highest BCUT2D eigenvalue weighted by Gasteiger charge is 2.34. The van der Waals surface area contributed by atoms with Crippen molar-refractivity contribution >= 4 is 10.0 Å². The largest absolute Gasteiger partial charge is 0.337 e. The summed E-state index contributed by atoms with van der Waals surface area (Å²) in [7, 11) is -1.63. The molecule has 0 amide bonds. The fraction of sp³-hybridized carbons (Fsp3) is 0.812. The molecule has 3 rings (SSSR count). The number of imidazole rings is 1. The molecule has 0 unspecified atom stereocenters. The second-order valence-corrected chi connectivity index (χ2v) is 8.95. The first kappa shape index (κ1) is 16.9. The molecule has 0 N–H and O–H groups in total. The normalized spacial score (nSPS) is 23.4. The third-order valence-electron chi connectivity index (χ3n) is 5.53. The topological polar surface area (TPSA) is 58.4 Å². The molecule has 0 bridgehead atoms. The molecule has 0 aliphatic carbocycles. The molecule has 130 valence electrons. The van der Waals surface area contributed by atoms with Crippen LogP contribution in [0.3, 0.4) is 0 Å². The number of nitrogens with zero attached hydrogens (tertiary/aromatic N) is 4. The predicted octanol–water partition coefficient (Wildman–Crippen LogP) is 1.61. The molecule has 3 heterocycles. The molecule has 0 atom stereocenters. The fourth-order valence-corrected chi connectivity index (χ4v) is 5.32. The molecule has 0 aromatic carbocycles. The van der Waals surface area contributed by atoms with Crippen LogP contribution in [0.25, 0.3) is 0 Å². The van der Waals surface area contributed by atoms with Crippen LogP contribution in [0.1, 0.15) is 38.3 Å². The Morgan fingerprint density at radius 1 is 1.09 bits per heavy atom. The lowest BCUT2D eigenvalue weighted by Gasteiger charge is -2.40. The van der Waals surface area contributed by atoms with Gasteiger partial charge in [-0.3, -0.25) is 0 Å². The van der Waals surface area contributed by atoms with Gasteiger partial charge in [0.05, 0.1) is 12.0 Å². The van der Waals surface area contributed by atoms with E-state index in [1.807, 2.05) is 14.0 Å². The molecule has 6 nitrogen and oxygen atoms in total. The summed E-state index contributed by atoms with van der Waals surface area (Å²) in [4.78, 5) is 6.67. The Labute approximate surface area is 139 Å². The average Bonchev–Trinajstić information content (AvgIpc) is 2.88. The van der Waals surface area contributed by atoms with Crippen molar-refractivity contribution in [2.24, 2.45) is 13.0 Å². The van der Waals surface area contributed by atoms with Gasteiger partial charge >= 0.3 is 0 Å². The van der Waals surface area contributed by atoms with Crippen molar-refractivity contribution in [3.63, 3.8) is 0 Å². The Hall–Kier alpha value is -0.920. The first-order chi connectivity index (χ1) is 10.9. The van der Waals surface area contributed by atoms with Gasteiger partial charge in [0.1, 0.15) is 0 Å². The minimum atomic E-state index is -3.45. The van der Waals surface area contributed by atoms with Crippen LogP contribution in [-0.4, -0.2) is 59.4 Å². The van der Waals surface area contributed by atoms with E-state index in [4.69, 9.17) is 0 Å². The minimum absolute atomic E-state index is 0.213. The summed E-state index contributed by atoms with van der Waals surface area (Å²) < 4.78 is 28.9. The van der Waals surface area contributed by atoms with E-state index >= 15 is 0 Å². The highest BCUT2D eigenvalue weighted by Crippen LogP contribution is 2.26. The van der Waals surface area contributed by atoms with Gasteiger partial charge < -0.3 is 9.47 Å². The summed E-state index contributed by atoms with van der Waals surface area (Å²) >= 11 is 0. The molecular formula is C16H28N4O2S. The smallest absolute Gasteiger partial charge is 0.262 e. The van der Waals surface area contributed by atoms with Crippen LogP contribution >= 0.6 is 0 Å². The van der Waals surface area contributed by atoms with Crippen LogP contribution in [0.5, 0.6) is 0 Å². The summed E-state index contributed by atoms with van der Waals surface area (Å²) in [6, 6.07) is 0.541. The Morgan fingerprint density at radius 3 is 2.22 bits per heavy atom. The first-order valence-corrected chi connectivity index (χ1v) is 10.1. The molecule has 0 saturated carbocycles. The summed E-state index contributed by atoms with van der Waals surface area (Å²) in [6.45, 7) is 7.67. The Kier molecular flexibility index (Phi) is 4.80. The Balaban J connectivity index is 1.63. The maximum Gasteiger partial charge on any atom is 0.262 e. The van der Waals surface area contributed by atoms with Gasteiger partial charge in [-0.05, 0) is 51.6 Å². The van der Waals surface area contributed by atoms with Crippen LogP contribution in [0, 0.1) is 12.8 Å². The van der Waals surface area contributed by atoms with E-state index in [0.717, 1.165) is 31.8 Å². The van der Waals surface area contributed by atoms with E-state index in [0.29, 0.717) is 24.8 Å². The molecule has 2 saturated heterocycles. The SMILES string of the molecule is Cc1c(S(=O)(=O)N2CCC(N3CCC(C)CC3)CC2)ncn1C. The second-order valence-electron chi connectivity index (χ2n) is 7.10. The lowest BCUT2D eigenvalue weighted by atomic mass is 9.95. The van der Waals surface area contributed by atoms with Gasteiger partial charge in [0, 0.05) is 26.2 Å². The number of hydrogen-bond acceptors (Lipinski definition) is 4. The van der Waals surface area contributed by atoms with Crippen molar-refractivity contribution in [3.8, 4) is 0 Å². The van der Waals surface area contributed by atoms with Crippen LogP contribution in [0.4, 0.5) is 0 Å². The summed E-state index contributed by atoms with van der Waals surface area (Å²) in [5.41, 5.74) is 0.706. The van der Waals surface area contributed by atoms with E-state index in [1.165, 1.54) is 12.8 Å². The number of aryl methyl sites for hydroxylation is 1. The fourth-order valence-electron chi connectivity index (χ4n) is 3.69. The maximum absolute atomic E-state index is 12.8. The standard InChI is InChI=1S/C16H28N4O2S/c1-13-4-8-19(9-5-13)15-6-10-20(11-7-15)23(21,22)16-14(2)18(3)12-17-16/h12-13,15H,4-11H2,1-3H3. The van der Waals surface area contributed by atoms with Gasteiger partial charge in [-0.15, -0.1) is 0 Å². The summed E-state index contributed by atoms with van der Waals surface area (Å²) in [5, 5.41) is 0.213. The van der Waals surface area contributed by atoms with Gasteiger partial charge in [-0.2, -0.15) is 4.31 Å². The molecule has 2 fully saturated rings. The predicted molar refractivity (Wildman–Crippen MR) is 89.7 cm³/mol. The molecule has 0 radical (unpaired) electrons. The van der Waals surface area contributed by atoms with E-state index in [9.17, 15) is 8.42 Å². The number of likely N-dealkylation sites (tertiary alicyclic amines) is 1. The third-order valence-corrected chi connectivity index (χ3v) is 7.46. The van der Waals surface area contributed by atoms with E-state index < -0.39 is 10.0 Å². The van der Waals surface area contributed by atoms with Gasteiger partial charge in [-0.1, -0.05) is 6.92 Å². The maximum atomic E-state index is 12.8. The molecule has 2 aliphatic rings. The summed E-state index contributed by atoms with van der Waals surface area (Å²) in [6.07, 6.45) is 5.97. The van der Waals surface area contributed by atoms with E-state index in [-0.39, 0.29) is 5.03 Å². The minimum Gasteiger partial charge on any atom is -0.337 e. The number of rotatable bonds is 3. The van der Waals surface area contributed by atoms with Gasteiger partial charge in [0.25, 0.3) is 10.0 Å². The van der Waals surface area contributed by atoms with Crippen LogP contribution in [-0.2, 0) is 17.1 Å². The highest BCUT2D eigenvalue weighted by molar-refractivity contribution is 7.89. The number of hydrogen-bond donors (Lipinski definition) is 0. The van der Waals surface area contributed by atoms with Crippen molar-refractivity contribution < 1.29 is 8.42 Å². The Morgan fingerprint density at radius 2 is 1.70 bits per heavy atom. The molecule has 1 aromatic heterocycles. The second kappa shape index (κ2) is 6.53. The van der Waals surface area contributed by atoms with Crippen LogP contribution in [0.15, 0.2) is 11.4 Å². The van der Waals surface area contributed by atoms with E-state index in [2.05, 4.69) is 16.8 Å². The first-order valence-electron chi connectivity index (χ1n) is 8.61. The molecule has 23 heavy (non-hydrogen) atoms. The zero-order chi connectivity index (χ0) is 16.6. The van der Waals surface area contributed by atoms with Gasteiger partial charge in [0.2, 0.25) is 0 Å². The molecular weight excluding hydrogens is 312 g/mol. The van der Waals surface area contributed by atoms with Crippen LogP contribution < -0.4 is 0 Å². The number of piperidine rings is 2. The lowest BCUT2D eigenvalue weighted by molar-refractivity contribution is 0.101. The molecule has 0 spiro atoms. The zero-order valence-electron chi connectivity index (χ0n) is 14.4. The average molecular weight is 340 g/mol. The van der Waals surface area contributed by atoms with E-state index in [1.54, 1.807) is 15.2 Å². The molecule has 2 aliphatic heterocycles. The third kappa shape index (κ3) is 3.32. The monoisotopic (exact) mass is 340 g/mol. The number of sulfonamides is 1. The van der Waals surface area contributed by atoms with Crippen molar-refractivity contribution in [1.29, 1.82) is 0 Å². The van der Waals surface area contributed by atoms with Gasteiger partial charge in [-0.25, -0.2) is 13.4 Å². The van der Waals surface area contributed by atoms with Crippen LogP contribution in [0.2, 0.25) is 0 Å². The highest BCUT2D eigenvalue weighted by atomic mass is 32.2. The molecule has 7 heteroatoms. The van der Waals surface area contributed by atoms with Crippen molar-refractivity contribution in [2.75, 3.05) is 26.2 Å². The number of aromatic nitrogens is 2. The molecule has 1 aromatic rings. The van der Waals surface area contributed by atoms with Crippen molar-refractivity contribution in [1.82, 2.24) is 18.8 Å². The quantitative estimate of drug-likeness (QED) is 0.839. The lowest BCUT2D eigenvalue weighted by Crippen LogP contribution is -2.48.